The lowest BCUT2D eigenvalue weighted by Gasteiger charge is -2.46. The zero-order valence-electron chi connectivity index (χ0n) is 26.5. The molecule has 1 saturated carbocycles. The van der Waals surface area contributed by atoms with Crippen molar-refractivity contribution in [3.63, 3.8) is 0 Å². The van der Waals surface area contributed by atoms with Gasteiger partial charge in [0.15, 0.2) is 0 Å². The number of halogens is 1. The maximum Gasteiger partial charge on any atom is 0.264 e. The van der Waals surface area contributed by atoms with Crippen molar-refractivity contribution in [2.24, 2.45) is 11.8 Å². The van der Waals surface area contributed by atoms with Gasteiger partial charge in [-0.3, -0.25) is 4.79 Å². The van der Waals surface area contributed by atoms with Gasteiger partial charge in [0, 0.05) is 43.3 Å². The van der Waals surface area contributed by atoms with E-state index in [0.717, 1.165) is 55.9 Å². The van der Waals surface area contributed by atoms with Gasteiger partial charge in [-0.2, -0.15) is 0 Å². The highest BCUT2D eigenvalue weighted by atomic mass is 35.5. The second-order valence-corrected chi connectivity index (χ2v) is 15.8. The molecule has 244 valence electrons. The molecule has 2 aliphatic heterocycles. The average Bonchev–Trinajstić information content (AvgIpc) is 3.15. The van der Waals surface area contributed by atoms with Crippen molar-refractivity contribution >= 4 is 33.2 Å². The molecular weight excluding hydrogens is 612 g/mol. The summed E-state index contributed by atoms with van der Waals surface area (Å²) in [5, 5.41) is -0.0408. The molecule has 2 bridgehead atoms. The van der Waals surface area contributed by atoms with E-state index in [1.54, 1.807) is 20.3 Å². The second kappa shape index (κ2) is 13.3. The number of allylic oxidation sites excluding steroid dienone is 1. The van der Waals surface area contributed by atoms with Crippen LogP contribution < -0.4 is 14.4 Å². The van der Waals surface area contributed by atoms with Gasteiger partial charge in [0.25, 0.3) is 5.91 Å². The molecule has 0 aromatic heterocycles. The Kier molecular flexibility index (Phi) is 9.53. The van der Waals surface area contributed by atoms with Gasteiger partial charge in [-0.05, 0) is 112 Å². The highest BCUT2D eigenvalue weighted by Crippen LogP contribution is 2.47. The number of carbonyl (C=O) groups is 1. The van der Waals surface area contributed by atoms with Gasteiger partial charge in [0.05, 0.1) is 29.8 Å². The standard InChI is InChI=1S/C35H45ClN2O6S/c1-23(42-2)17-28-8-4-5-9-32(43-3)29-13-10-26(29)20-38-21-35(16-6-7-24-18-27(36)12-14-30(24)35)22-44-33-15-11-25(19-31(33)38)34(39)37-45(28,40)41/h5,9,11-12,14-15,18-19,23,26,28-29,32H,4,6-8,10,13,16-17,20-22H2,1-3H3,(H,37,39)/b9-5-/t23-,26+,28-,29-,32+,35+/m1/s1. The number of hydrogen-bond donors (Lipinski definition) is 1. The third-order valence-electron chi connectivity index (χ3n) is 10.6. The molecule has 4 aliphatic rings. The van der Waals surface area contributed by atoms with Crippen LogP contribution in [0.15, 0.2) is 48.6 Å². The second-order valence-electron chi connectivity index (χ2n) is 13.4. The molecule has 6 atom stereocenters. The molecule has 45 heavy (non-hydrogen) atoms. The van der Waals surface area contributed by atoms with Gasteiger partial charge >= 0.3 is 0 Å². The van der Waals surface area contributed by atoms with Crippen LogP contribution in [0, 0.1) is 11.8 Å². The van der Waals surface area contributed by atoms with Gasteiger partial charge < -0.3 is 19.1 Å². The van der Waals surface area contributed by atoms with Crippen molar-refractivity contribution in [3.05, 3.63) is 70.3 Å². The number of aryl methyl sites for hydroxylation is 1. The predicted octanol–water partition coefficient (Wildman–Crippen LogP) is 6.06. The molecule has 2 aromatic rings. The fourth-order valence-electron chi connectivity index (χ4n) is 7.84. The number of hydrogen-bond acceptors (Lipinski definition) is 7. The van der Waals surface area contributed by atoms with E-state index in [2.05, 4.69) is 27.8 Å². The molecule has 2 aliphatic carbocycles. The Bertz CT molecular complexity index is 1550. The van der Waals surface area contributed by atoms with Crippen molar-refractivity contribution in [3.8, 4) is 5.75 Å². The lowest BCUT2D eigenvalue weighted by molar-refractivity contribution is 0.0131. The lowest BCUT2D eigenvalue weighted by atomic mass is 9.68. The first-order valence-electron chi connectivity index (χ1n) is 16.2. The van der Waals surface area contributed by atoms with Crippen LogP contribution in [0.4, 0.5) is 5.69 Å². The normalized spacial score (nSPS) is 30.9. The maximum absolute atomic E-state index is 13.6. The Labute approximate surface area is 272 Å². The summed E-state index contributed by atoms with van der Waals surface area (Å²) < 4.78 is 47.6. The van der Waals surface area contributed by atoms with E-state index in [-0.39, 0.29) is 24.0 Å². The summed E-state index contributed by atoms with van der Waals surface area (Å²) in [5.74, 6) is 0.823. The maximum atomic E-state index is 13.6. The number of fused-ring (bicyclic) bond motifs is 4. The first-order chi connectivity index (χ1) is 21.6. The highest BCUT2D eigenvalue weighted by molar-refractivity contribution is 7.90. The summed E-state index contributed by atoms with van der Waals surface area (Å²) in [5.41, 5.74) is 3.43. The number of methoxy groups -OCH3 is 2. The van der Waals surface area contributed by atoms with E-state index in [4.69, 9.17) is 25.8 Å². The number of ether oxygens (including phenoxy) is 3. The first kappa shape index (κ1) is 32.4. The first-order valence-corrected chi connectivity index (χ1v) is 18.1. The number of rotatable bonds is 4. The van der Waals surface area contributed by atoms with Crippen LogP contribution in [0.3, 0.4) is 0 Å². The number of amides is 1. The summed E-state index contributed by atoms with van der Waals surface area (Å²) in [6, 6.07) is 11.5. The third-order valence-corrected chi connectivity index (χ3v) is 12.6. The minimum Gasteiger partial charge on any atom is -0.490 e. The van der Waals surface area contributed by atoms with Crippen molar-refractivity contribution in [1.82, 2.24) is 4.72 Å². The van der Waals surface area contributed by atoms with Crippen LogP contribution in [0.2, 0.25) is 5.02 Å². The summed E-state index contributed by atoms with van der Waals surface area (Å²) in [4.78, 5) is 16.0. The van der Waals surface area contributed by atoms with Gasteiger partial charge in [0.1, 0.15) is 5.75 Å². The molecule has 0 radical (unpaired) electrons. The fourth-order valence-corrected chi connectivity index (χ4v) is 9.55. The molecule has 0 unspecified atom stereocenters. The van der Waals surface area contributed by atoms with Crippen molar-refractivity contribution < 1.29 is 27.4 Å². The topological polar surface area (TPSA) is 94.2 Å². The zero-order chi connectivity index (χ0) is 31.8. The molecule has 1 spiro atoms. The smallest absolute Gasteiger partial charge is 0.264 e. The molecule has 1 amide bonds. The van der Waals surface area contributed by atoms with Crippen LogP contribution >= 0.6 is 11.6 Å². The fraction of sp³-hybridized carbons (Fsp3) is 0.571. The number of sulfonamides is 1. The number of nitrogens with zero attached hydrogens (tertiary/aromatic N) is 1. The van der Waals surface area contributed by atoms with Crippen molar-refractivity contribution in [1.29, 1.82) is 0 Å². The summed E-state index contributed by atoms with van der Waals surface area (Å²) in [6.07, 6.45) is 10.2. The molecule has 6 rings (SSSR count). The summed E-state index contributed by atoms with van der Waals surface area (Å²) >= 11 is 6.42. The van der Waals surface area contributed by atoms with Crippen molar-refractivity contribution in [2.75, 3.05) is 38.8 Å². The molecule has 1 fully saturated rings. The van der Waals surface area contributed by atoms with Gasteiger partial charge in [-0.15, -0.1) is 0 Å². The quantitative estimate of drug-likeness (QED) is 0.400. The Morgan fingerprint density at radius 2 is 2.00 bits per heavy atom. The molecule has 2 heterocycles. The average molecular weight is 657 g/mol. The van der Waals surface area contributed by atoms with Gasteiger partial charge in [-0.25, -0.2) is 13.1 Å². The van der Waals surface area contributed by atoms with Crippen LogP contribution in [-0.2, 0) is 31.3 Å². The highest BCUT2D eigenvalue weighted by Gasteiger charge is 2.44. The third kappa shape index (κ3) is 6.64. The van der Waals surface area contributed by atoms with E-state index in [9.17, 15) is 13.2 Å². The molecule has 0 saturated heterocycles. The SMILES string of the molecule is CO[C@H](C)C[C@H]1CC/C=C\[C@H](OC)[C@@H]2CC[C@H]2CN2C[C@@]3(CCCc4cc(Cl)ccc43)COc3ccc(cc32)C(=O)NS1(=O)=O. The molecule has 2 aromatic carbocycles. The largest absolute Gasteiger partial charge is 0.490 e. The minimum absolute atomic E-state index is 0.0511. The molecule has 10 heteroatoms. The summed E-state index contributed by atoms with van der Waals surface area (Å²) in [7, 11) is -0.659. The zero-order valence-corrected chi connectivity index (χ0v) is 28.0. The number of nitrogens with one attached hydrogen (secondary N) is 1. The van der Waals surface area contributed by atoms with Crippen LogP contribution in [-0.4, -0.2) is 65.7 Å². The van der Waals surface area contributed by atoms with Gasteiger partial charge in [0.2, 0.25) is 10.0 Å². The molecular formula is C35H45ClN2O6S. The van der Waals surface area contributed by atoms with Gasteiger partial charge in [-0.1, -0.05) is 29.8 Å². The van der Waals surface area contributed by atoms with Crippen molar-refractivity contribution in [2.45, 2.75) is 81.2 Å². The Morgan fingerprint density at radius 3 is 2.76 bits per heavy atom. The molecule has 8 nitrogen and oxygen atoms in total. The van der Waals surface area contributed by atoms with Crippen LogP contribution in [0.5, 0.6) is 5.75 Å². The van der Waals surface area contributed by atoms with E-state index >= 15 is 0 Å². The number of carbonyl (C=O) groups excluding carboxylic acids is 1. The Morgan fingerprint density at radius 1 is 1.16 bits per heavy atom. The number of anilines is 1. The number of benzene rings is 2. The minimum atomic E-state index is -3.98. The monoisotopic (exact) mass is 656 g/mol. The predicted molar refractivity (Wildman–Crippen MR) is 177 cm³/mol. The summed E-state index contributed by atoms with van der Waals surface area (Å²) in [6.45, 7) is 3.88. The Balaban J connectivity index is 1.41. The Hall–Kier alpha value is -2.59. The van der Waals surface area contributed by atoms with E-state index in [0.29, 0.717) is 42.6 Å². The van der Waals surface area contributed by atoms with E-state index < -0.39 is 21.2 Å². The van der Waals surface area contributed by atoms with Crippen LogP contribution in [0.25, 0.3) is 0 Å². The van der Waals surface area contributed by atoms with E-state index in [1.165, 1.54) is 11.1 Å². The van der Waals surface area contributed by atoms with E-state index in [1.807, 2.05) is 31.2 Å². The lowest BCUT2D eigenvalue weighted by Crippen LogP contribution is -2.49. The van der Waals surface area contributed by atoms with Crippen LogP contribution in [0.1, 0.15) is 73.4 Å². The molecule has 1 N–H and O–H groups in total.